The van der Waals surface area contributed by atoms with Gasteiger partial charge < -0.3 is 11.1 Å². The van der Waals surface area contributed by atoms with Crippen LogP contribution in [0.25, 0.3) is 0 Å². The summed E-state index contributed by atoms with van der Waals surface area (Å²) >= 11 is 0. The van der Waals surface area contributed by atoms with Gasteiger partial charge in [-0.3, -0.25) is 9.89 Å². The monoisotopic (exact) mass is 238 g/mol. The lowest BCUT2D eigenvalue weighted by Gasteiger charge is -2.06. The molecule has 0 radical (unpaired) electrons. The van der Waals surface area contributed by atoms with Crippen molar-refractivity contribution in [2.45, 2.75) is 0 Å². The van der Waals surface area contributed by atoms with Gasteiger partial charge in [0.15, 0.2) is 0 Å². The highest BCUT2D eigenvalue weighted by molar-refractivity contribution is 6.04. The second kappa shape index (κ2) is 4.20. The van der Waals surface area contributed by atoms with Crippen molar-refractivity contribution in [1.29, 1.82) is 0 Å². The highest BCUT2D eigenvalue weighted by Crippen LogP contribution is 2.21. The summed E-state index contributed by atoms with van der Waals surface area (Å²) in [5.74, 6) is -2.33. The SMILES string of the molecule is Nc1cc(NC(=O)c2cn[nH]c2)c(F)cc1F. The Bertz CT molecular complexity index is 554. The van der Waals surface area contributed by atoms with Crippen molar-refractivity contribution in [3.05, 3.63) is 41.7 Å². The number of halogens is 2. The van der Waals surface area contributed by atoms with Crippen molar-refractivity contribution in [3.8, 4) is 0 Å². The molecule has 1 aromatic carbocycles. The number of anilines is 2. The number of nitrogens with zero attached hydrogens (tertiary/aromatic N) is 1. The summed E-state index contributed by atoms with van der Waals surface area (Å²) in [7, 11) is 0. The third-order valence-electron chi connectivity index (χ3n) is 2.09. The average Bonchev–Trinajstić information content (AvgIpc) is 2.79. The number of aromatic nitrogens is 2. The van der Waals surface area contributed by atoms with E-state index in [0.717, 1.165) is 6.07 Å². The summed E-state index contributed by atoms with van der Waals surface area (Å²) in [6.07, 6.45) is 2.63. The quantitative estimate of drug-likeness (QED) is 0.693. The minimum Gasteiger partial charge on any atom is -0.396 e. The molecule has 7 heteroatoms. The van der Waals surface area contributed by atoms with Gasteiger partial charge in [0.05, 0.1) is 23.1 Å². The van der Waals surface area contributed by atoms with Crippen LogP contribution in [-0.4, -0.2) is 16.1 Å². The minimum absolute atomic E-state index is 0.185. The smallest absolute Gasteiger partial charge is 0.258 e. The maximum Gasteiger partial charge on any atom is 0.258 e. The average molecular weight is 238 g/mol. The number of H-pyrrole nitrogens is 1. The lowest BCUT2D eigenvalue weighted by atomic mass is 10.2. The molecule has 0 unspecified atom stereocenters. The molecule has 1 aromatic heterocycles. The molecule has 4 N–H and O–H groups in total. The van der Waals surface area contributed by atoms with Crippen LogP contribution in [0.3, 0.4) is 0 Å². The van der Waals surface area contributed by atoms with Crippen molar-refractivity contribution in [1.82, 2.24) is 10.2 Å². The van der Waals surface area contributed by atoms with Gasteiger partial charge in [0.1, 0.15) is 11.6 Å². The molecule has 0 fully saturated rings. The molecular weight excluding hydrogens is 230 g/mol. The fraction of sp³-hybridized carbons (Fsp3) is 0. The molecule has 0 spiro atoms. The van der Waals surface area contributed by atoms with Gasteiger partial charge in [0, 0.05) is 12.3 Å². The van der Waals surface area contributed by atoms with E-state index in [9.17, 15) is 13.6 Å². The Balaban J connectivity index is 2.25. The molecule has 2 rings (SSSR count). The predicted octanol–water partition coefficient (Wildman–Crippen LogP) is 1.52. The molecule has 0 saturated heterocycles. The van der Waals surface area contributed by atoms with Crippen LogP contribution in [0, 0.1) is 11.6 Å². The Labute approximate surface area is 94.6 Å². The first-order valence-electron chi connectivity index (χ1n) is 4.62. The van der Waals surface area contributed by atoms with Gasteiger partial charge in [-0.05, 0) is 6.07 Å². The molecule has 2 aromatic rings. The van der Waals surface area contributed by atoms with Gasteiger partial charge in [-0.25, -0.2) is 8.78 Å². The van der Waals surface area contributed by atoms with Gasteiger partial charge in [0.2, 0.25) is 0 Å². The number of carbonyl (C=O) groups excluding carboxylic acids is 1. The molecule has 17 heavy (non-hydrogen) atoms. The fourth-order valence-electron chi connectivity index (χ4n) is 1.23. The molecule has 0 bridgehead atoms. The van der Waals surface area contributed by atoms with Gasteiger partial charge in [-0.1, -0.05) is 0 Å². The Morgan fingerprint density at radius 2 is 2.12 bits per heavy atom. The molecule has 0 aliphatic heterocycles. The molecule has 0 aliphatic carbocycles. The maximum atomic E-state index is 13.3. The van der Waals surface area contributed by atoms with E-state index in [1.165, 1.54) is 12.4 Å². The number of hydrogen-bond donors (Lipinski definition) is 3. The number of amides is 1. The fourth-order valence-corrected chi connectivity index (χ4v) is 1.23. The van der Waals surface area contributed by atoms with E-state index in [-0.39, 0.29) is 16.9 Å². The summed E-state index contributed by atoms with van der Waals surface area (Å²) in [5.41, 5.74) is 5.07. The van der Waals surface area contributed by atoms with E-state index in [4.69, 9.17) is 5.73 Å². The first-order valence-corrected chi connectivity index (χ1v) is 4.62. The van der Waals surface area contributed by atoms with Crippen molar-refractivity contribution in [2.24, 2.45) is 0 Å². The molecule has 1 heterocycles. The normalized spacial score (nSPS) is 10.2. The summed E-state index contributed by atoms with van der Waals surface area (Å²) in [6, 6.07) is 1.63. The van der Waals surface area contributed by atoms with Crippen LogP contribution < -0.4 is 11.1 Å². The Hall–Kier alpha value is -2.44. The van der Waals surface area contributed by atoms with Crippen molar-refractivity contribution in [2.75, 3.05) is 11.1 Å². The van der Waals surface area contributed by atoms with Crippen LogP contribution in [0.1, 0.15) is 10.4 Å². The highest BCUT2D eigenvalue weighted by Gasteiger charge is 2.12. The molecule has 88 valence electrons. The number of carbonyl (C=O) groups is 1. The Morgan fingerprint density at radius 3 is 2.76 bits per heavy atom. The first kappa shape index (κ1) is 11.1. The minimum atomic E-state index is -0.895. The number of nitrogens with two attached hydrogens (primary N) is 1. The summed E-state index contributed by atoms with van der Waals surface area (Å²) in [4.78, 5) is 11.6. The summed E-state index contributed by atoms with van der Waals surface area (Å²) in [6.45, 7) is 0. The second-order valence-corrected chi connectivity index (χ2v) is 3.29. The van der Waals surface area contributed by atoms with E-state index in [0.29, 0.717) is 6.07 Å². The van der Waals surface area contributed by atoms with Crippen molar-refractivity contribution < 1.29 is 13.6 Å². The third-order valence-corrected chi connectivity index (χ3v) is 2.09. The maximum absolute atomic E-state index is 13.3. The topological polar surface area (TPSA) is 83.8 Å². The van der Waals surface area contributed by atoms with Gasteiger partial charge in [-0.2, -0.15) is 5.10 Å². The Morgan fingerprint density at radius 1 is 1.35 bits per heavy atom. The zero-order chi connectivity index (χ0) is 12.4. The number of nitrogens with one attached hydrogen (secondary N) is 2. The van der Waals surface area contributed by atoms with Crippen LogP contribution in [0.15, 0.2) is 24.5 Å². The standard InChI is InChI=1S/C10H8F2N4O/c11-6-1-7(12)9(2-8(6)13)16-10(17)5-3-14-15-4-5/h1-4H,13H2,(H,14,15)(H,16,17). The lowest BCUT2D eigenvalue weighted by molar-refractivity contribution is 0.102. The summed E-state index contributed by atoms with van der Waals surface area (Å²) in [5, 5.41) is 8.28. The molecule has 5 nitrogen and oxygen atoms in total. The van der Waals surface area contributed by atoms with Gasteiger partial charge >= 0.3 is 0 Å². The number of rotatable bonds is 2. The van der Waals surface area contributed by atoms with E-state index in [1.807, 2.05) is 0 Å². The van der Waals surface area contributed by atoms with Crippen molar-refractivity contribution >= 4 is 17.3 Å². The predicted molar refractivity (Wildman–Crippen MR) is 57.3 cm³/mol. The van der Waals surface area contributed by atoms with Crippen molar-refractivity contribution in [3.63, 3.8) is 0 Å². The molecule has 0 atom stereocenters. The zero-order valence-electron chi connectivity index (χ0n) is 8.50. The van der Waals surface area contributed by atoms with Gasteiger partial charge in [-0.15, -0.1) is 0 Å². The van der Waals surface area contributed by atoms with Crippen LogP contribution in [0.2, 0.25) is 0 Å². The van der Waals surface area contributed by atoms with Gasteiger partial charge in [0.25, 0.3) is 5.91 Å². The molecule has 0 aliphatic rings. The van der Waals surface area contributed by atoms with E-state index >= 15 is 0 Å². The largest absolute Gasteiger partial charge is 0.396 e. The number of nitrogen functional groups attached to an aromatic ring is 1. The first-order chi connectivity index (χ1) is 8.08. The number of benzene rings is 1. The number of hydrogen-bond acceptors (Lipinski definition) is 3. The van der Waals surface area contributed by atoms with E-state index in [2.05, 4.69) is 15.5 Å². The highest BCUT2D eigenvalue weighted by atomic mass is 19.1. The lowest BCUT2D eigenvalue weighted by Crippen LogP contribution is -2.12. The van der Waals surface area contributed by atoms with Crippen LogP contribution in [0.5, 0.6) is 0 Å². The van der Waals surface area contributed by atoms with Crippen LogP contribution in [-0.2, 0) is 0 Å². The zero-order valence-corrected chi connectivity index (χ0v) is 8.50. The van der Waals surface area contributed by atoms with E-state index in [1.54, 1.807) is 0 Å². The Kier molecular flexibility index (Phi) is 2.73. The van der Waals surface area contributed by atoms with E-state index < -0.39 is 17.5 Å². The third kappa shape index (κ3) is 2.22. The second-order valence-electron chi connectivity index (χ2n) is 3.29. The molecule has 0 saturated carbocycles. The molecule has 1 amide bonds. The molecular formula is C10H8F2N4O. The summed E-state index contributed by atoms with van der Waals surface area (Å²) < 4.78 is 26.2. The number of aromatic amines is 1. The van der Waals surface area contributed by atoms with Crippen LogP contribution >= 0.6 is 0 Å². The van der Waals surface area contributed by atoms with Crippen LogP contribution in [0.4, 0.5) is 20.2 Å².